The van der Waals surface area contributed by atoms with Crippen molar-refractivity contribution in [2.24, 2.45) is 0 Å². The lowest BCUT2D eigenvalue weighted by Crippen LogP contribution is -2.56. The summed E-state index contributed by atoms with van der Waals surface area (Å²) in [5.74, 6) is 0.237. The second-order valence-corrected chi connectivity index (χ2v) is 8.03. The number of ether oxygens (including phenoxy) is 1. The average molecular weight is 397 g/mol. The van der Waals surface area contributed by atoms with Gasteiger partial charge in [-0.15, -0.1) is 0 Å². The number of anilines is 1. The molecule has 1 atom stereocenters. The number of carbonyl (C=O) groups excluding carboxylic acids is 1. The predicted molar refractivity (Wildman–Crippen MR) is 117 cm³/mol. The van der Waals surface area contributed by atoms with Crippen LogP contribution in [-0.2, 0) is 16.0 Å². The molecule has 6 nitrogen and oxygen atoms in total. The Labute approximate surface area is 173 Å². The van der Waals surface area contributed by atoms with Crippen LogP contribution in [0, 0.1) is 6.92 Å². The van der Waals surface area contributed by atoms with Gasteiger partial charge >= 0.3 is 0 Å². The summed E-state index contributed by atoms with van der Waals surface area (Å²) in [4.78, 5) is 24.5. The van der Waals surface area contributed by atoms with Crippen molar-refractivity contribution in [1.82, 2.24) is 14.8 Å². The van der Waals surface area contributed by atoms with E-state index in [1.807, 2.05) is 4.90 Å². The molecular formula is C23H32N4O2. The second kappa shape index (κ2) is 8.67. The van der Waals surface area contributed by atoms with Crippen molar-refractivity contribution in [2.45, 2.75) is 33.2 Å². The Hall–Kier alpha value is -2.18. The standard InChI is InChI=1S/C23H32N4O2/c1-4-19-17(2)24-21-8-6-5-7-20(21)22(19)26-11-9-25(10-12-26)18(3)23(28)27-13-15-29-16-14-27/h5-8,18H,4,9-16H2,1-3H3. The van der Waals surface area contributed by atoms with E-state index in [0.29, 0.717) is 26.3 Å². The highest BCUT2D eigenvalue weighted by Gasteiger charge is 2.30. The molecule has 4 rings (SSSR count). The van der Waals surface area contributed by atoms with E-state index >= 15 is 0 Å². The molecule has 1 unspecified atom stereocenters. The third-order valence-corrected chi connectivity index (χ3v) is 6.38. The maximum atomic E-state index is 12.9. The molecule has 2 fully saturated rings. The molecule has 1 amide bonds. The number of fused-ring (bicyclic) bond motifs is 1. The van der Waals surface area contributed by atoms with Crippen LogP contribution in [0.3, 0.4) is 0 Å². The molecule has 2 aliphatic heterocycles. The van der Waals surface area contributed by atoms with Crippen molar-refractivity contribution in [3.63, 3.8) is 0 Å². The van der Waals surface area contributed by atoms with Gasteiger partial charge in [-0.2, -0.15) is 0 Å². The maximum Gasteiger partial charge on any atom is 0.239 e. The van der Waals surface area contributed by atoms with Crippen LogP contribution < -0.4 is 4.90 Å². The first-order valence-corrected chi connectivity index (χ1v) is 10.8. The van der Waals surface area contributed by atoms with Crippen molar-refractivity contribution in [1.29, 1.82) is 0 Å². The van der Waals surface area contributed by atoms with Crippen LogP contribution in [0.1, 0.15) is 25.1 Å². The number of carbonyl (C=O) groups is 1. The van der Waals surface area contributed by atoms with E-state index in [1.165, 1.54) is 16.6 Å². The van der Waals surface area contributed by atoms with E-state index in [2.05, 4.69) is 54.8 Å². The van der Waals surface area contributed by atoms with Gasteiger partial charge in [0.1, 0.15) is 0 Å². The van der Waals surface area contributed by atoms with Crippen molar-refractivity contribution >= 4 is 22.5 Å². The van der Waals surface area contributed by atoms with Gasteiger partial charge in [-0.25, -0.2) is 0 Å². The van der Waals surface area contributed by atoms with Gasteiger partial charge in [0, 0.05) is 50.3 Å². The lowest BCUT2D eigenvalue weighted by Gasteiger charge is -2.41. The summed E-state index contributed by atoms with van der Waals surface area (Å²) in [6.07, 6.45) is 0.977. The van der Waals surface area contributed by atoms with E-state index in [0.717, 1.165) is 43.8 Å². The fourth-order valence-electron chi connectivity index (χ4n) is 4.67. The van der Waals surface area contributed by atoms with E-state index in [9.17, 15) is 4.79 Å². The topological polar surface area (TPSA) is 48.9 Å². The minimum Gasteiger partial charge on any atom is -0.378 e. The molecule has 6 heteroatoms. The largest absolute Gasteiger partial charge is 0.378 e. The van der Waals surface area contributed by atoms with E-state index in [-0.39, 0.29) is 11.9 Å². The van der Waals surface area contributed by atoms with Gasteiger partial charge in [0.15, 0.2) is 0 Å². The lowest BCUT2D eigenvalue weighted by atomic mass is 10.0. The molecule has 0 radical (unpaired) electrons. The quantitative estimate of drug-likeness (QED) is 0.795. The molecule has 3 heterocycles. The van der Waals surface area contributed by atoms with E-state index < -0.39 is 0 Å². The Morgan fingerprint density at radius 1 is 1.10 bits per heavy atom. The summed E-state index contributed by atoms with van der Waals surface area (Å²) in [5, 5.41) is 1.24. The predicted octanol–water partition coefficient (Wildman–Crippen LogP) is 2.47. The normalized spacial score (nSPS) is 19.6. The van der Waals surface area contributed by atoms with Crippen molar-refractivity contribution < 1.29 is 9.53 Å². The number of aryl methyl sites for hydroxylation is 1. The third-order valence-electron chi connectivity index (χ3n) is 6.38. The molecule has 0 spiro atoms. The molecular weight excluding hydrogens is 364 g/mol. The number of benzene rings is 1. The third kappa shape index (κ3) is 3.96. The van der Waals surface area contributed by atoms with Crippen LogP contribution in [0.15, 0.2) is 24.3 Å². The van der Waals surface area contributed by atoms with Gasteiger partial charge in [0.05, 0.1) is 30.5 Å². The molecule has 156 valence electrons. The fourth-order valence-corrected chi connectivity index (χ4v) is 4.67. The zero-order valence-electron chi connectivity index (χ0n) is 17.9. The highest BCUT2D eigenvalue weighted by Crippen LogP contribution is 2.33. The highest BCUT2D eigenvalue weighted by molar-refractivity contribution is 5.94. The molecule has 2 saturated heterocycles. The summed E-state index contributed by atoms with van der Waals surface area (Å²) >= 11 is 0. The van der Waals surface area contributed by atoms with Gasteiger partial charge in [0.25, 0.3) is 0 Å². The van der Waals surface area contributed by atoms with Gasteiger partial charge in [-0.1, -0.05) is 25.1 Å². The van der Waals surface area contributed by atoms with Gasteiger partial charge < -0.3 is 14.5 Å². The number of para-hydroxylation sites is 1. The van der Waals surface area contributed by atoms with Crippen LogP contribution in [0.2, 0.25) is 0 Å². The second-order valence-electron chi connectivity index (χ2n) is 8.03. The van der Waals surface area contributed by atoms with Crippen LogP contribution in [0.4, 0.5) is 5.69 Å². The lowest BCUT2D eigenvalue weighted by molar-refractivity contribution is -0.140. The Balaban J connectivity index is 1.50. The van der Waals surface area contributed by atoms with Crippen LogP contribution >= 0.6 is 0 Å². The van der Waals surface area contributed by atoms with Gasteiger partial charge in [0.2, 0.25) is 5.91 Å². The van der Waals surface area contributed by atoms with Crippen molar-refractivity contribution in [3.8, 4) is 0 Å². The molecule has 0 N–H and O–H groups in total. The summed E-state index contributed by atoms with van der Waals surface area (Å²) in [6, 6.07) is 8.37. The fraction of sp³-hybridized carbons (Fsp3) is 0.565. The van der Waals surface area contributed by atoms with Gasteiger partial charge in [-0.05, 0) is 31.9 Å². The smallest absolute Gasteiger partial charge is 0.239 e. The summed E-state index contributed by atoms with van der Waals surface area (Å²) in [5.41, 5.74) is 4.87. The molecule has 0 saturated carbocycles. The molecule has 0 bridgehead atoms. The molecule has 0 aliphatic carbocycles. The van der Waals surface area contributed by atoms with E-state index in [4.69, 9.17) is 9.72 Å². The first-order chi connectivity index (χ1) is 14.1. The summed E-state index contributed by atoms with van der Waals surface area (Å²) in [7, 11) is 0. The number of rotatable bonds is 4. The van der Waals surface area contributed by atoms with Gasteiger partial charge in [-0.3, -0.25) is 14.7 Å². The zero-order chi connectivity index (χ0) is 20.4. The number of pyridine rings is 1. The molecule has 1 aromatic heterocycles. The molecule has 29 heavy (non-hydrogen) atoms. The Kier molecular flexibility index (Phi) is 6.01. The first-order valence-electron chi connectivity index (χ1n) is 10.8. The first kappa shape index (κ1) is 20.1. The minimum absolute atomic E-state index is 0.0724. The number of hydrogen-bond acceptors (Lipinski definition) is 5. The van der Waals surface area contributed by atoms with Crippen LogP contribution in [0.25, 0.3) is 10.9 Å². The number of piperazine rings is 1. The number of amides is 1. The Morgan fingerprint density at radius 3 is 2.48 bits per heavy atom. The monoisotopic (exact) mass is 396 g/mol. The van der Waals surface area contributed by atoms with Crippen molar-refractivity contribution in [3.05, 3.63) is 35.5 Å². The molecule has 2 aromatic rings. The van der Waals surface area contributed by atoms with E-state index in [1.54, 1.807) is 0 Å². The molecule has 1 aromatic carbocycles. The maximum absolute atomic E-state index is 12.9. The molecule has 2 aliphatic rings. The number of nitrogens with zero attached hydrogens (tertiary/aromatic N) is 4. The summed E-state index contributed by atoms with van der Waals surface area (Å²) in [6.45, 7) is 12.8. The number of morpholine rings is 1. The van der Waals surface area contributed by atoms with Crippen molar-refractivity contribution in [2.75, 3.05) is 57.4 Å². The average Bonchev–Trinajstić information content (AvgIpc) is 2.78. The Bertz CT molecular complexity index is 871. The van der Waals surface area contributed by atoms with Crippen LogP contribution in [0.5, 0.6) is 0 Å². The number of aromatic nitrogens is 1. The minimum atomic E-state index is -0.0724. The number of hydrogen-bond donors (Lipinski definition) is 0. The van der Waals surface area contributed by atoms with Crippen LogP contribution in [-0.4, -0.2) is 79.2 Å². The zero-order valence-corrected chi connectivity index (χ0v) is 17.9. The SMILES string of the molecule is CCc1c(C)nc2ccccc2c1N1CCN(C(C)C(=O)N2CCOCC2)CC1. The highest BCUT2D eigenvalue weighted by atomic mass is 16.5. The summed E-state index contributed by atoms with van der Waals surface area (Å²) < 4.78 is 5.39. The Morgan fingerprint density at radius 2 is 1.79 bits per heavy atom.